The van der Waals surface area contributed by atoms with Crippen molar-refractivity contribution in [2.45, 2.75) is 26.2 Å². The van der Waals surface area contributed by atoms with E-state index >= 15 is 0 Å². The number of aromatic amines is 1. The van der Waals surface area contributed by atoms with E-state index in [4.69, 9.17) is 4.74 Å². The molecule has 1 amide bonds. The number of Topliss-reactive ketones (excluding diaryl/α,β-unsaturated/α-hetero) is 1. The number of nitrogens with one attached hydrogen (secondary N) is 2. The van der Waals surface area contributed by atoms with Gasteiger partial charge in [0.15, 0.2) is 12.4 Å². The van der Waals surface area contributed by atoms with Gasteiger partial charge in [-0.3, -0.25) is 9.59 Å². The first-order valence-corrected chi connectivity index (χ1v) is 10.8. The molecule has 1 aliphatic rings. The van der Waals surface area contributed by atoms with Gasteiger partial charge >= 0.3 is 0 Å². The molecule has 0 spiro atoms. The predicted octanol–water partition coefficient (Wildman–Crippen LogP) is 5.85. The molecule has 0 saturated heterocycles. The Kier molecular flexibility index (Phi) is 5.02. The number of rotatable bonds is 5. The van der Waals surface area contributed by atoms with Crippen molar-refractivity contribution in [2.75, 3.05) is 11.9 Å². The van der Waals surface area contributed by atoms with Crippen LogP contribution in [0.2, 0.25) is 0 Å². The van der Waals surface area contributed by atoms with Gasteiger partial charge < -0.3 is 15.0 Å². The number of carbonyl (C=O) groups is 2. The number of aromatic nitrogens is 1. The minimum Gasteiger partial charge on any atom is -0.483 e. The first kappa shape index (κ1) is 20.1. The number of amides is 1. The number of ketones is 1. The first-order valence-electron chi connectivity index (χ1n) is 10.8. The summed E-state index contributed by atoms with van der Waals surface area (Å²) in [5.41, 5.74) is 6.24. The molecule has 5 rings (SSSR count). The molecule has 2 N–H and O–H groups in total. The van der Waals surface area contributed by atoms with Crippen LogP contribution in [-0.2, 0) is 4.79 Å². The molecule has 0 aliphatic heterocycles. The number of benzene rings is 3. The number of H-pyrrole nitrogens is 1. The van der Waals surface area contributed by atoms with Gasteiger partial charge in [-0.05, 0) is 36.1 Å². The summed E-state index contributed by atoms with van der Waals surface area (Å²) in [4.78, 5) is 28.8. The highest BCUT2D eigenvalue weighted by Gasteiger charge is 2.31. The van der Waals surface area contributed by atoms with Crippen molar-refractivity contribution < 1.29 is 14.3 Å². The van der Waals surface area contributed by atoms with Crippen LogP contribution in [0.15, 0.2) is 66.7 Å². The van der Waals surface area contributed by atoms with E-state index in [1.165, 1.54) is 0 Å². The lowest BCUT2D eigenvalue weighted by Crippen LogP contribution is -2.21. The highest BCUT2D eigenvalue weighted by molar-refractivity contribution is 6.08. The van der Waals surface area contributed by atoms with E-state index in [9.17, 15) is 9.59 Å². The topological polar surface area (TPSA) is 71.2 Å². The molecule has 1 aliphatic carbocycles. The Morgan fingerprint density at radius 3 is 2.62 bits per heavy atom. The molecule has 1 heterocycles. The second-order valence-electron chi connectivity index (χ2n) is 8.32. The number of hydrogen-bond donors (Lipinski definition) is 2. The maximum atomic E-state index is 12.9. The maximum Gasteiger partial charge on any atom is 0.262 e. The molecule has 0 bridgehead atoms. The second kappa shape index (κ2) is 8.00. The van der Waals surface area contributed by atoms with Crippen LogP contribution in [0.3, 0.4) is 0 Å². The molecule has 3 aromatic carbocycles. The van der Waals surface area contributed by atoms with Crippen LogP contribution >= 0.6 is 0 Å². The fourth-order valence-corrected chi connectivity index (χ4v) is 4.64. The number of para-hydroxylation sites is 1. The van der Waals surface area contributed by atoms with Gasteiger partial charge in [-0.25, -0.2) is 0 Å². The summed E-state index contributed by atoms with van der Waals surface area (Å²) in [7, 11) is 0. The molecule has 1 atom stereocenters. The smallest absolute Gasteiger partial charge is 0.262 e. The van der Waals surface area contributed by atoms with Crippen molar-refractivity contribution in [3.63, 3.8) is 0 Å². The highest BCUT2D eigenvalue weighted by atomic mass is 16.5. The Labute approximate surface area is 186 Å². The van der Waals surface area contributed by atoms with Gasteiger partial charge in [0.1, 0.15) is 5.75 Å². The van der Waals surface area contributed by atoms with Gasteiger partial charge in [0, 0.05) is 22.9 Å². The van der Waals surface area contributed by atoms with E-state index < -0.39 is 0 Å². The Bertz CT molecular complexity index is 1340. The monoisotopic (exact) mass is 424 g/mol. The minimum absolute atomic E-state index is 0.0783. The molecular formula is C27H24N2O3. The maximum absolute atomic E-state index is 12.9. The zero-order valence-corrected chi connectivity index (χ0v) is 18.1. The van der Waals surface area contributed by atoms with E-state index in [1.54, 1.807) is 6.07 Å². The molecule has 160 valence electrons. The summed E-state index contributed by atoms with van der Waals surface area (Å²) in [6.45, 7) is 3.88. The zero-order valence-electron chi connectivity index (χ0n) is 18.1. The van der Waals surface area contributed by atoms with E-state index in [2.05, 4.69) is 17.2 Å². The lowest BCUT2D eigenvalue weighted by Gasteiger charge is -2.13. The van der Waals surface area contributed by atoms with Crippen LogP contribution in [0.1, 0.15) is 40.7 Å². The number of ether oxygens (including phenoxy) is 1. The van der Waals surface area contributed by atoms with E-state index in [-0.39, 0.29) is 24.2 Å². The number of aryl methyl sites for hydroxylation is 1. The molecule has 5 heteroatoms. The van der Waals surface area contributed by atoms with Gasteiger partial charge in [0.25, 0.3) is 5.91 Å². The van der Waals surface area contributed by atoms with Crippen molar-refractivity contribution >= 4 is 28.3 Å². The van der Waals surface area contributed by atoms with Crippen LogP contribution in [0.4, 0.5) is 5.69 Å². The summed E-state index contributed by atoms with van der Waals surface area (Å²) >= 11 is 0. The summed E-state index contributed by atoms with van der Waals surface area (Å²) in [5, 5.41) is 3.95. The third kappa shape index (κ3) is 3.46. The van der Waals surface area contributed by atoms with E-state index in [0.29, 0.717) is 17.7 Å². The lowest BCUT2D eigenvalue weighted by atomic mass is 9.97. The first-order chi connectivity index (χ1) is 15.5. The summed E-state index contributed by atoms with van der Waals surface area (Å²) < 4.78 is 5.85. The average Bonchev–Trinajstić information content (AvgIpc) is 3.31. The lowest BCUT2D eigenvalue weighted by molar-refractivity contribution is -0.118. The number of hydrogen-bond acceptors (Lipinski definition) is 3. The molecule has 5 nitrogen and oxygen atoms in total. The molecule has 0 saturated carbocycles. The van der Waals surface area contributed by atoms with Crippen LogP contribution in [0.5, 0.6) is 5.75 Å². The Morgan fingerprint density at radius 2 is 1.81 bits per heavy atom. The highest BCUT2D eigenvalue weighted by Crippen LogP contribution is 2.40. The molecule has 1 unspecified atom stereocenters. The molecule has 4 aromatic rings. The third-order valence-corrected chi connectivity index (χ3v) is 6.08. The fraction of sp³-hybridized carbons (Fsp3) is 0.185. The third-order valence-electron chi connectivity index (χ3n) is 6.08. The second-order valence-corrected chi connectivity index (χ2v) is 8.32. The van der Waals surface area contributed by atoms with Crippen molar-refractivity contribution in [1.29, 1.82) is 0 Å². The SMILES string of the molecule is Cc1ccc(OCC(=O)Nc2c(-c3ccccc3)[nH]c3ccccc23)c2c1C(C)CC2=O. The van der Waals surface area contributed by atoms with E-state index in [0.717, 1.165) is 39.0 Å². The van der Waals surface area contributed by atoms with Crippen molar-refractivity contribution in [1.82, 2.24) is 4.98 Å². The van der Waals surface area contributed by atoms with Gasteiger partial charge in [-0.2, -0.15) is 0 Å². The van der Waals surface area contributed by atoms with Crippen LogP contribution in [0, 0.1) is 6.92 Å². The molecular weight excluding hydrogens is 400 g/mol. The van der Waals surface area contributed by atoms with Gasteiger partial charge in [0.05, 0.1) is 16.9 Å². The molecule has 1 aromatic heterocycles. The zero-order chi connectivity index (χ0) is 22.2. The van der Waals surface area contributed by atoms with E-state index in [1.807, 2.05) is 67.6 Å². The minimum atomic E-state index is -0.278. The van der Waals surface area contributed by atoms with Crippen LogP contribution < -0.4 is 10.1 Å². The predicted molar refractivity (Wildman–Crippen MR) is 126 cm³/mol. The van der Waals surface area contributed by atoms with Crippen molar-refractivity contribution in [3.05, 3.63) is 83.4 Å². The summed E-state index contributed by atoms with van der Waals surface area (Å²) in [5.74, 6) is 0.459. The number of fused-ring (bicyclic) bond motifs is 2. The van der Waals surface area contributed by atoms with Crippen molar-refractivity contribution in [3.8, 4) is 17.0 Å². The van der Waals surface area contributed by atoms with Gasteiger partial charge in [-0.15, -0.1) is 0 Å². The molecule has 0 radical (unpaired) electrons. The Balaban J connectivity index is 1.41. The standard InChI is InChI=1S/C27H24N2O3/c1-16-12-13-22(25-21(30)14-17(2)24(16)25)32-15-23(31)29-27-19-10-6-7-11-20(19)28-26(27)18-8-4-3-5-9-18/h3-13,17,28H,14-15H2,1-2H3,(H,29,31). The van der Waals surface area contributed by atoms with Gasteiger partial charge in [-0.1, -0.05) is 61.5 Å². The molecule has 0 fully saturated rings. The van der Waals surface area contributed by atoms with Gasteiger partial charge in [0.2, 0.25) is 0 Å². The average molecular weight is 425 g/mol. The molecule has 32 heavy (non-hydrogen) atoms. The number of carbonyl (C=O) groups excluding carboxylic acids is 2. The normalized spacial score (nSPS) is 15.1. The Morgan fingerprint density at radius 1 is 1.06 bits per heavy atom. The van der Waals surface area contributed by atoms with Crippen LogP contribution in [-0.4, -0.2) is 23.3 Å². The Hall–Kier alpha value is -3.86. The summed E-state index contributed by atoms with van der Waals surface area (Å²) in [6, 6.07) is 21.5. The van der Waals surface area contributed by atoms with Crippen LogP contribution in [0.25, 0.3) is 22.2 Å². The van der Waals surface area contributed by atoms with Crippen molar-refractivity contribution in [2.24, 2.45) is 0 Å². The fourth-order valence-electron chi connectivity index (χ4n) is 4.64. The largest absolute Gasteiger partial charge is 0.483 e. The number of anilines is 1. The summed E-state index contributed by atoms with van der Waals surface area (Å²) in [6.07, 6.45) is 0.485. The quantitative estimate of drug-likeness (QED) is 0.422.